The van der Waals surface area contributed by atoms with Crippen molar-refractivity contribution in [3.63, 3.8) is 0 Å². The van der Waals surface area contributed by atoms with E-state index in [-0.39, 0.29) is 16.5 Å². The minimum Gasteiger partial charge on any atom is -0.492 e. The van der Waals surface area contributed by atoms with Crippen molar-refractivity contribution in [2.45, 2.75) is 6.92 Å². The first-order valence-corrected chi connectivity index (χ1v) is 3.79. The SMILES string of the molecule is COc1c(F)c(C#N)nc(C)c1Cl. The summed E-state index contributed by atoms with van der Waals surface area (Å²) in [6.45, 7) is 1.57. The van der Waals surface area contributed by atoms with Gasteiger partial charge >= 0.3 is 0 Å². The van der Waals surface area contributed by atoms with Crippen LogP contribution in [0.2, 0.25) is 5.02 Å². The lowest BCUT2D eigenvalue weighted by Crippen LogP contribution is -1.99. The molecule has 0 aliphatic rings. The van der Waals surface area contributed by atoms with Crippen LogP contribution >= 0.6 is 11.6 Å². The lowest BCUT2D eigenvalue weighted by molar-refractivity contribution is 0.384. The molecular weight excluding hydrogens is 195 g/mol. The van der Waals surface area contributed by atoms with E-state index in [2.05, 4.69) is 4.98 Å². The van der Waals surface area contributed by atoms with Crippen molar-refractivity contribution in [1.82, 2.24) is 4.98 Å². The molecule has 3 nitrogen and oxygen atoms in total. The summed E-state index contributed by atoms with van der Waals surface area (Å²) in [5.41, 5.74) is 0.0650. The molecule has 0 radical (unpaired) electrons. The minimum atomic E-state index is -0.819. The van der Waals surface area contributed by atoms with Crippen LogP contribution in [0.3, 0.4) is 0 Å². The molecule has 0 fully saturated rings. The van der Waals surface area contributed by atoms with Gasteiger partial charge in [-0.25, -0.2) is 4.98 Å². The second kappa shape index (κ2) is 3.58. The van der Waals surface area contributed by atoms with Crippen LogP contribution in [0.15, 0.2) is 0 Å². The Bertz CT molecular complexity index is 387. The summed E-state index contributed by atoms with van der Waals surface area (Å²) in [5, 5.41) is 8.60. The van der Waals surface area contributed by atoms with Crippen LogP contribution in [0.1, 0.15) is 11.4 Å². The van der Waals surface area contributed by atoms with Gasteiger partial charge in [0, 0.05) is 0 Å². The van der Waals surface area contributed by atoms with Crippen molar-refractivity contribution in [2.75, 3.05) is 7.11 Å². The Kier molecular flexibility index (Phi) is 2.69. The fraction of sp³-hybridized carbons (Fsp3) is 0.250. The van der Waals surface area contributed by atoms with Gasteiger partial charge in [0.15, 0.2) is 11.4 Å². The van der Waals surface area contributed by atoms with E-state index < -0.39 is 5.82 Å². The van der Waals surface area contributed by atoms with Gasteiger partial charge in [0.05, 0.1) is 12.8 Å². The Hall–Kier alpha value is -1.34. The molecule has 0 atom stereocenters. The molecule has 1 aromatic heterocycles. The molecule has 1 rings (SSSR count). The maximum Gasteiger partial charge on any atom is 0.202 e. The molecular formula is C8H6ClFN2O. The van der Waals surface area contributed by atoms with Gasteiger partial charge < -0.3 is 4.74 Å². The van der Waals surface area contributed by atoms with Crippen molar-refractivity contribution in [2.24, 2.45) is 0 Å². The highest BCUT2D eigenvalue weighted by atomic mass is 35.5. The summed E-state index contributed by atoms with van der Waals surface area (Å²) in [7, 11) is 1.28. The zero-order valence-corrected chi connectivity index (χ0v) is 7.81. The van der Waals surface area contributed by atoms with E-state index in [1.165, 1.54) is 7.11 Å². The van der Waals surface area contributed by atoms with Crippen molar-refractivity contribution in [1.29, 1.82) is 5.26 Å². The summed E-state index contributed by atoms with van der Waals surface area (Å²) in [5.74, 6) is -0.952. The number of halogens is 2. The van der Waals surface area contributed by atoms with Crippen LogP contribution in [-0.4, -0.2) is 12.1 Å². The topological polar surface area (TPSA) is 45.9 Å². The molecule has 1 heterocycles. The summed E-state index contributed by atoms with van der Waals surface area (Å²) in [6, 6.07) is 1.61. The first kappa shape index (κ1) is 9.75. The summed E-state index contributed by atoms with van der Waals surface area (Å²) in [4.78, 5) is 3.65. The van der Waals surface area contributed by atoms with Gasteiger partial charge in [-0.3, -0.25) is 0 Å². The third-order valence-electron chi connectivity index (χ3n) is 1.51. The molecule has 0 unspecified atom stereocenters. The predicted molar refractivity (Wildman–Crippen MR) is 45.2 cm³/mol. The van der Waals surface area contributed by atoms with E-state index in [4.69, 9.17) is 21.6 Å². The van der Waals surface area contributed by atoms with Gasteiger partial charge in [-0.15, -0.1) is 0 Å². The van der Waals surface area contributed by atoms with Crippen LogP contribution in [0, 0.1) is 24.1 Å². The number of nitrogens with zero attached hydrogens (tertiary/aromatic N) is 2. The van der Waals surface area contributed by atoms with E-state index in [1.54, 1.807) is 13.0 Å². The standard InChI is InChI=1S/C8H6ClFN2O/c1-4-6(9)8(13-2)7(10)5(3-11)12-4/h1-2H3. The predicted octanol–water partition coefficient (Wildman–Crippen LogP) is 2.06. The molecule has 0 aliphatic carbocycles. The Morgan fingerprint density at radius 2 is 2.23 bits per heavy atom. The van der Waals surface area contributed by atoms with Gasteiger partial charge in [-0.05, 0) is 6.92 Å². The molecule has 13 heavy (non-hydrogen) atoms. The molecule has 0 amide bonds. The van der Waals surface area contributed by atoms with Crippen LogP contribution < -0.4 is 4.74 Å². The van der Waals surface area contributed by atoms with Crippen LogP contribution in [0.5, 0.6) is 5.75 Å². The molecule has 0 bridgehead atoms. The Labute approximate surface area is 79.7 Å². The average Bonchev–Trinajstić information content (AvgIpc) is 2.12. The van der Waals surface area contributed by atoms with Crippen molar-refractivity contribution in [3.05, 3.63) is 22.2 Å². The van der Waals surface area contributed by atoms with Gasteiger partial charge in [-0.2, -0.15) is 9.65 Å². The molecule has 68 valence electrons. The fourth-order valence-electron chi connectivity index (χ4n) is 0.887. The lowest BCUT2D eigenvalue weighted by atomic mass is 10.3. The number of pyridine rings is 1. The van der Waals surface area contributed by atoms with E-state index in [9.17, 15) is 4.39 Å². The number of aromatic nitrogens is 1. The van der Waals surface area contributed by atoms with E-state index in [1.807, 2.05) is 0 Å². The molecule has 0 aromatic carbocycles. The Balaban J connectivity index is 3.50. The van der Waals surface area contributed by atoms with Crippen molar-refractivity contribution in [3.8, 4) is 11.8 Å². The van der Waals surface area contributed by atoms with Gasteiger partial charge in [0.2, 0.25) is 5.82 Å². The lowest BCUT2D eigenvalue weighted by Gasteiger charge is -2.06. The zero-order valence-electron chi connectivity index (χ0n) is 7.06. The molecule has 1 aromatic rings. The number of hydrogen-bond acceptors (Lipinski definition) is 3. The monoisotopic (exact) mass is 200 g/mol. The summed E-state index contributed by atoms with van der Waals surface area (Å²) >= 11 is 5.69. The third-order valence-corrected chi connectivity index (χ3v) is 1.96. The largest absolute Gasteiger partial charge is 0.492 e. The summed E-state index contributed by atoms with van der Waals surface area (Å²) in [6.07, 6.45) is 0. The van der Waals surface area contributed by atoms with Gasteiger partial charge in [0.25, 0.3) is 0 Å². The normalized spacial score (nSPS) is 9.46. The van der Waals surface area contributed by atoms with Crippen molar-refractivity contribution < 1.29 is 9.13 Å². The molecule has 0 saturated carbocycles. The number of ether oxygens (including phenoxy) is 1. The van der Waals surface area contributed by atoms with Gasteiger partial charge in [0.1, 0.15) is 11.1 Å². The Morgan fingerprint density at radius 1 is 1.62 bits per heavy atom. The first-order chi connectivity index (χ1) is 6.11. The average molecular weight is 201 g/mol. The van der Waals surface area contributed by atoms with E-state index in [0.717, 1.165) is 0 Å². The quantitative estimate of drug-likeness (QED) is 0.697. The van der Waals surface area contributed by atoms with E-state index >= 15 is 0 Å². The van der Waals surface area contributed by atoms with E-state index in [0.29, 0.717) is 5.69 Å². The Morgan fingerprint density at radius 3 is 2.69 bits per heavy atom. The highest BCUT2D eigenvalue weighted by Gasteiger charge is 2.16. The van der Waals surface area contributed by atoms with Crippen molar-refractivity contribution >= 4 is 11.6 Å². The number of nitriles is 1. The molecule has 0 aliphatic heterocycles. The molecule has 0 saturated heterocycles. The molecule has 0 N–H and O–H groups in total. The fourth-order valence-corrected chi connectivity index (χ4v) is 1.09. The smallest absolute Gasteiger partial charge is 0.202 e. The van der Waals surface area contributed by atoms with Crippen LogP contribution in [0.4, 0.5) is 4.39 Å². The second-order valence-electron chi connectivity index (χ2n) is 2.32. The highest BCUT2D eigenvalue weighted by molar-refractivity contribution is 6.32. The second-order valence-corrected chi connectivity index (χ2v) is 2.70. The van der Waals surface area contributed by atoms with Crippen LogP contribution in [-0.2, 0) is 0 Å². The number of hydrogen-bond donors (Lipinski definition) is 0. The third kappa shape index (κ3) is 1.56. The summed E-state index contributed by atoms with van der Waals surface area (Å²) < 4.78 is 17.9. The van der Waals surface area contributed by atoms with Crippen LogP contribution in [0.25, 0.3) is 0 Å². The first-order valence-electron chi connectivity index (χ1n) is 3.41. The minimum absolute atomic E-state index is 0.0963. The number of aryl methyl sites for hydroxylation is 1. The molecule has 0 spiro atoms. The molecule has 5 heteroatoms. The number of rotatable bonds is 1. The van der Waals surface area contributed by atoms with Gasteiger partial charge in [-0.1, -0.05) is 11.6 Å². The number of methoxy groups -OCH3 is 1. The maximum absolute atomic E-state index is 13.2. The zero-order chi connectivity index (χ0) is 10.0. The maximum atomic E-state index is 13.2. The highest BCUT2D eigenvalue weighted by Crippen LogP contribution is 2.30.